The van der Waals surface area contributed by atoms with E-state index in [1.165, 1.54) is 5.69 Å². The molecule has 23 heavy (non-hydrogen) atoms. The topological polar surface area (TPSA) is 44.4 Å². The van der Waals surface area contributed by atoms with Gasteiger partial charge in [0.1, 0.15) is 0 Å². The molecule has 1 aliphatic rings. The molecule has 4 heteroatoms. The summed E-state index contributed by atoms with van der Waals surface area (Å²) < 4.78 is 0. The highest BCUT2D eigenvalue weighted by molar-refractivity contribution is 6.31. The van der Waals surface area contributed by atoms with Gasteiger partial charge in [-0.25, -0.2) is 0 Å². The predicted octanol–water partition coefficient (Wildman–Crippen LogP) is 3.94. The Labute approximate surface area is 136 Å². The Bertz CT molecular complexity index is 731. The summed E-state index contributed by atoms with van der Waals surface area (Å²) in [6.07, 6.45) is 1.77. The summed E-state index contributed by atoms with van der Waals surface area (Å²) >= 11 is 0. The van der Waals surface area contributed by atoms with Gasteiger partial charge in [-0.1, -0.05) is 18.2 Å². The molecule has 4 nitrogen and oxygen atoms in total. The molecular weight excluding hydrogens is 286 g/mol. The Kier molecular flexibility index (Phi) is 4.33. The minimum absolute atomic E-state index is 0.0709. The van der Waals surface area contributed by atoms with Crippen molar-refractivity contribution in [1.29, 1.82) is 0 Å². The number of anilines is 3. The van der Waals surface area contributed by atoms with E-state index >= 15 is 0 Å². The molecule has 0 radical (unpaired) electrons. The van der Waals surface area contributed by atoms with Crippen LogP contribution in [0.2, 0.25) is 0 Å². The molecule has 118 valence electrons. The number of hydrogen-bond donors (Lipinski definition) is 2. The Hall–Kier alpha value is -2.75. The Morgan fingerprint density at radius 1 is 1.04 bits per heavy atom. The van der Waals surface area contributed by atoms with E-state index in [0.29, 0.717) is 5.57 Å². The lowest BCUT2D eigenvalue weighted by atomic mass is 10.1. The van der Waals surface area contributed by atoms with Crippen molar-refractivity contribution in [2.75, 3.05) is 28.6 Å². The summed E-state index contributed by atoms with van der Waals surface area (Å²) in [5, 5.41) is 6.09. The van der Waals surface area contributed by atoms with E-state index in [0.717, 1.165) is 30.0 Å². The zero-order valence-corrected chi connectivity index (χ0v) is 13.5. The predicted molar refractivity (Wildman–Crippen MR) is 96.7 cm³/mol. The van der Waals surface area contributed by atoms with Gasteiger partial charge < -0.3 is 15.5 Å². The molecule has 0 aromatic heterocycles. The van der Waals surface area contributed by atoms with Crippen molar-refractivity contribution in [3.8, 4) is 0 Å². The molecule has 2 aromatic carbocycles. The van der Waals surface area contributed by atoms with Gasteiger partial charge in [0.2, 0.25) is 0 Å². The fourth-order valence-electron chi connectivity index (χ4n) is 2.79. The van der Waals surface area contributed by atoms with E-state index in [4.69, 9.17) is 0 Å². The summed E-state index contributed by atoms with van der Waals surface area (Å²) in [6, 6.07) is 16.0. The summed E-state index contributed by atoms with van der Waals surface area (Å²) in [6.45, 7) is 6.28. The fourth-order valence-corrected chi connectivity index (χ4v) is 2.79. The first-order valence-corrected chi connectivity index (χ1v) is 7.95. The van der Waals surface area contributed by atoms with Crippen LogP contribution in [0.3, 0.4) is 0 Å². The number of carbonyl (C=O) groups excluding carboxylic acids is 1. The third kappa shape index (κ3) is 3.06. The first-order chi connectivity index (χ1) is 11.2. The number of carbonyl (C=O) groups is 1. The van der Waals surface area contributed by atoms with E-state index < -0.39 is 0 Å². The second-order valence-electron chi connectivity index (χ2n) is 5.42. The molecular formula is C19H21N3O. The van der Waals surface area contributed by atoms with E-state index in [1.807, 2.05) is 36.4 Å². The summed E-state index contributed by atoms with van der Waals surface area (Å²) in [5.74, 6) is -0.0709. The molecule has 0 spiro atoms. The van der Waals surface area contributed by atoms with Gasteiger partial charge in [0, 0.05) is 41.9 Å². The number of hydrogen-bond acceptors (Lipinski definition) is 3. The minimum Gasteiger partial charge on any atom is -0.372 e. The molecule has 1 heterocycles. The Morgan fingerprint density at radius 2 is 1.74 bits per heavy atom. The summed E-state index contributed by atoms with van der Waals surface area (Å²) in [4.78, 5) is 14.3. The molecule has 0 bridgehead atoms. The number of rotatable bonds is 5. The molecule has 0 atom stereocenters. The molecule has 2 N–H and O–H groups in total. The van der Waals surface area contributed by atoms with Crippen LogP contribution in [0.25, 0.3) is 5.57 Å². The molecule has 1 amide bonds. The fraction of sp³-hybridized carbons (Fsp3) is 0.211. The van der Waals surface area contributed by atoms with Gasteiger partial charge in [0.25, 0.3) is 5.91 Å². The second kappa shape index (κ2) is 6.57. The van der Waals surface area contributed by atoms with Crippen LogP contribution in [-0.2, 0) is 4.79 Å². The van der Waals surface area contributed by atoms with Crippen LogP contribution in [0.5, 0.6) is 0 Å². The van der Waals surface area contributed by atoms with Crippen molar-refractivity contribution >= 4 is 28.5 Å². The van der Waals surface area contributed by atoms with E-state index in [1.54, 1.807) is 6.20 Å². The lowest BCUT2D eigenvalue weighted by Crippen LogP contribution is -2.21. The highest BCUT2D eigenvalue weighted by Gasteiger charge is 2.23. The van der Waals surface area contributed by atoms with Gasteiger partial charge in [-0.3, -0.25) is 4.79 Å². The van der Waals surface area contributed by atoms with Gasteiger partial charge in [-0.05, 0) is 44.2 Å². The zero-order valence-electron chi connectivity index (χ0n) is 13.5. The number of amides is 1. The maximum Gasteiger partial charge on any atom is 0.257 e. The highest BCUT2D eigenvalue weighted by atomic mass is 16.2. The zero-order chi connectivity index (χ0) is 16.2. The number of fused-ring (bicyclic) bond motifs is 1. The van der Waals surface area contributed by atoms with Gasteiger partial charge in [-0.2, -0.15) is 0 Å². The van der Waals surface area contributed by atoms with Crippen LogP contribution in [0.1, 0.15) is 19.4 Å². The number of para-hydroxylation sites is 1. The molecule has 0 fully saturated rings. The maximum atomic E-state index is 12.0. The lowest BCUT2D eigenvalue weighted by Gasteiger charge is -2.21. The number of benzene rings is 2. The monoisotopic (exact) mass is 307 g/mol. The molecule has 0 saturated carbocycles. The largest absolute Gasteiger partial charge is 0.372 e. The molecule has 0 aliphatic carbocycles. The van der Waals surface area contributed by atoms with Crippen molar-refractivity contribution < 1.29 is 4.79 Å². The van der Waals surface area contributed by atoms with E-state index in [9.17, 15) is 4.79 Å². The summed E-state index contributed by atoms with van der Waals surface area (Å²) in [5.41, 5.74) is 4.63. The van der Waals surface area contributed by atoms with Crippen LogP contribution >= 0.6 is 0 Å². The normalized spacial score (nSPS) is 14.5. The molecule has 0 saturated heterocycles. The Morgan fingerprint density at radius 3 is 2.43 bits per heavy atom. The van der Waals surface area contributed by atoms with Crippen molar-refractivity contribution in [3.63, 3.8) is 0 Å². The van der Waals surface area contributed by atoms with Crippen LogP contribution in [0, 0.1) is 0 Å². The van der Waals surface area contributed by atoms with Gasteiger partial charge in [0.15, 0.2) is 0 Å². The quantitative estimate of drug-likeness (QED) is 0.822. The van der Waals surface area contributed by atoms with Crippen LogP contribution in [0.4, 0.5) is 17.1 Å². The van der Waals surface area contributed by atoms with Crippen LogP contribution < -0.4 is 15.5 Å². The lowest BCUT2D eigenvalue weighted by molar-refractivity contribution is -0.110. The van der Waals surface area contributed by atoms with E-state index in [-0.39, 0.29) is 5.91 Å². The van der Waals surface area contributed by atoms with Crippen LogP contribution in [0.15, 0.2) is 54.7 Å². The van der Waals surface area contributed by atoms with Gasteiger partial charge >= 0.3 is 0 Å². The van der Waals surface area contributed by atoms with Crippen molar-refractivity contribution in [1.82, 2.24) is 0 Å². The third-order valence-corrected chi connectivity index (χ3v) is 4.09. The van der Waals surface area contributed by atoms with Crippen molar-refractivity contribution in [3.05, 3.63) is 60.3 Å². The molecule has 3 rings (SSSR count). The summed E-state index contributed by atoms with van der Waals surface area (Å²) in [7, 11) is 0. The van der Waals surface area contributed by atoms with Gasteiger partial charge in [-0.15, -0.1) is 0 Å². The third-order valence-electron chi connectivity index (χ3n) is 4.09. The van der Waals surface area contributed by atoms with Crippen molar-refractivity contribution in [2.24, 2.45) is 0 Å². The first-order valence-electron chi connectivity index (χ1n) is 7.95. The minimum atomic E-state index is -0.0709. The maximum absolute atomic E-state index is 12.0. The molecule has 2 aromatic rings. The van der Waals surface area contributed by atoms with E-state index in [2.05, 4.69) is 41.5 Å². The highest BCUT2D eigenvalue weighted by Crippen LogP contribution is 2.31. The number of nitrogens with one attached hydrogen (secondary N) is 2. The SMILES string of the molecule is CCN(CC)c1ccc(N/C=C2/C(=O)Nc3ccccc32)cc1. The second-order valence-corrected chi connectivity index (χ2v) is 5.42. The first kappa shape index (κ1) is 15.2. The van der Waals surface area contributed by atoms with Crippen LogP contribution in [-0.4, -0.2) is 19.0 Å². The average Bonchev–Trinajstić information content (AvgIpc) is 2.90. The Balaban J connectivity index is 1.77. The van der Waals surface area contributed by atoms with Gasteiger partial charge in [0.05, 0.1) is 5.57 Å². The average molecular weight is 307 g/mol. The smallest absolute Gasteiger partial charge is 0.257 e. The molecule has 0 unspecified atom stereocenters. The molecule has 1 aliphatic heterocycles. The number of nitrogens with zero attached hydrogens (tertiary/aromatic N) is 1. The van der Waals surface area contributed by atoms with Crippen molar-refractivity contribution in [2.45, 2.75) is 13.8 Å². The standard InChI is InChI=1S/C19H21N3O/c1-3-22(4-2)15-11-9-14(10-12-15)20-13-17-16-7-5-6-8-18(16)21-19(17)23/h5-13,20H,3-4H2,1-2H3,(H,21,23)/b17-13+.